The van der Waals surface area contributed by atoms with E-state index < -0.39 is 10.0 Å². The van der Waals surface area contributed by atoms with E-state index in [0.717, 1.165) is 0 Å². The number of H-pyrrole nitrogens is 1. The van der Waals surface area contributed by atoms with E-state index in [1.54, 1.807) is 48.8 Å². The number of rotatable bonds is 3. The molecule has 108 valence electrons. The molecule has 2 N–H and O–H groups in total. The second kappa shape index (κ2) is 7.10. The van der Waals surface area contributed by atoms with E-state index in [1.165, 1.54) is 12.5 Å². The Labute approximate surface area is 121 Å². The monoisotopic (exact) mass is 304 g/mol. The molecule has 0 aliphatic rings. The highest BCUT2D eigenvalue weighted by Gasteiger charge is 2.16. The Morgan fingerprint density at radius 3 is 2.19 bits per heavy atom. The van der Waals surface area contributed by atoms with Crippen molar-refractivity contribution in [1.29, 1.82) is 0 Å². The molecule has 2 aromatic heterocycles. The van der Waals surface area contributed by atoms with E-state index in [-0.39, 0.29) is 5.03 Å². The first-order chi connectivity index (χ1) is 10.2. The molecule has 0 saturated heterocycles. The molecule has 0 aliphatic heterocycles. The first-order valence-electron chi connectivity index (χ1n) is 5.83. The summed E-state index contributed by atoms with van der Waals surface area (Å²) < 4.78 is 25.6. The number of aromatic nitrogens is 5. The van der Waals surface area contributed by atoms with E-state index in [2.05, 4.69) is 30.1 Å². The molecule has 21 heavy (non-hydrogen) atoms. The van der Waals surface area contributed by atoms with Gasteiger partial charge in [-0.1, -0.05) is 23.4 Å². The lowest BCUT2D eigenvalue weighted by molar-refractivity contribution is 0.597. The van der Waals surface area contributed by atoms with Crippen molar-refractivity contribution < 1.29 is 8.42 Å². The lowest BCUT2D eigenvalue weighted by Crippen LogP contribution is -2.13. The molecular formula is C12H12N6O2S. The van der Waals surface area contributed by atoms with E-state index in [1.807, 2.05) is 0 Å². The number of anilines is 1. The maximum absolute atomic E-state index is 11.6. The molecule has 0 atom stereocenters. The number of nitrogens with one attached hydrogen (secondary N) is 2. The lowest BCUT2D eigenvalue weighted by atomic mass is 10.3. The van der Waals surface area contributed by atoms with Gasteiger partial charge in [0, 0.05) is 18.1 Å². The Kier molecular flexibility index (Phi) is 4.94. The van der Waals surface area contributed by atoms with Crippen molar-refractivity contribution in [3.05, 3.63) is 61.3 Å². The van der Waals surface area contributed by atoms with Crippen LogP contribution in [0, 0.1) is 0 Å². The summed E-state index contributed by atoms with van der Waals surface area (Å²) in [5.41, 5.74) is 0.487. The minimum absolute atomic E-state index is 0.133. The second-order valence-electron chi connectivity index (χ2n) is 3.69. The number of sulfonamides is 1. The summed E-state index contributed by atoms with van der Waals surface area (Å²) >= 11 is 0. The molecule has 9 heteroatoms. The van der Waals surface area contributed by atoms with Crippen LogP contribution in [0.2, 0.25) is 0 Å². The number of aromatic amines is 1. The normalized spacial score (nSPS) is 10.3. The van der Waals surface area contributed by atoms with Gasteiger partial charge >= 0.3 is 0 Å². The lowest BCUT2D eigenvalue weighted by Gasteiger charge is -2.03. The Bertz CT molecular complexity index is 705. The van der Waals surface area contributed by atoms with Gasteiger partial charge in [-0.25, -0.2) is 9.97 Å². The van der Waals surface area contributed by atoms with Crippen LogP contribution in [0.25, 0.3) is 0 Å². The quantitative estimate of drug-likeness (QED) is 0.748. The third-order valence-corrected chi connectivity index (χ3v) is 3.43. The standard InChI is InChI=1S/C8H8N4O2S.C4H4N2/c13-15(14,8-6-9-12-10-8)11-7-4-2-1-3-5-7;1-2-5-4-6-3-1/h1-6,11H,(H,9,10,12);1-4H. The van der Waals surface area contributed by atoms with E-state index in [9.17, 15) is 8.42 Å². The number of para-hydroxylation sites is 1. The summed E-state index contributed by atoms with van der Waals surface area (Å²) in [5.74, 6) is 0. The molecule has 2 heterocycles. The molecule has 1 aromatic carbocycles. The van der Waals surface area contributed by atoms with Crippen molar-refractivity contribution in [2.45, 2.75) is 5.03 Å². The Balaban J connectivity index is 0.000000225. The average molecular weight is 304 g/mol. The van der Waals surface area contributed by atoms with Crippen LogP contribution in [0.1, 0.15) is 0 Å². The van der Waals surface area contributed by atoms with Crippen LogP contribution in [-0.2, 0) is 10.0 Å². The largest absolute Gasteiger partial charge is 0.282 e. The van der Waals surface area contributed by atoms with Crippen molar-refractivity contribution in [3.8, 4) is 0 Å². The molecule has 0 spiro atoms. The van der Waals surface area contributed by atoms with Gasteiger partial charge in [-0.15, -0.1) is 5.10 Å². The van der Waals surface area contributed by atoms with Gasteiger partial charge in [-0.3, -0.25) is 9.82 Å². The van der Waals surface area contributed by atoms with Crippen LogP contribution in [-0.4, -0.2) is 33.8 Å². The maximum Gasteiger partial charge on any atom is 0.282 e. The first-order valence-corrected chi connectivity index (χ1v) is 7.31. The third-order valence-electron chi connectivity index (χ3n) is 2.17. The predicted octanol–water partition coefficient (Wildman–Crippen LogP) is 1.08. The smallest absolute Gasteiger partial charge is 0.278 e. The van der Waals surface area contributed by atoms with Gasteiger partial charge in [0.05, 0.1) is 6.20 Å². The van der Waals surface area contributed by atoms with Crippen LogP contribution >= 0.6 is 0 Å². The first kappa shape index (κ1) is 14.6. The summed E-state index contributed by atoms with van der Waals surface area (Å²) in [6.07, 6.45) is 6.09. The summed E-state index contributed by atoms with van der Waals surface area (Å²) in [4.78, 5) is 7.35. The molecule has 0 fully saturated rings. The summed E-state index contributed by atoms with van der Waals surface area (Å²) in [6.45, 7) is 0. The summed E-state index contributed by atoms with van der Waals surface area (Å²) in [5, 5.41) is 8.97. The van der Waals surface area contributed by atoms with Crippen LogP contribution in [0.3, 0.4) is 0 Å². The van der Waals surface area contributed by atoms with Crippen LogP contribution in [0.15, 0.2) is 66.3 Å². The molecule has 0 radical (unpaired) electrons. The van der Waals surface area contributed by atoms with Gasteiger partial charge in [0.2, 0.25) is 5.03 Å². The highest BCUT2D eigenvalue weighted by molar-refractivity contribution is 7.92. The number of hydrogen-bond acceptors (Lipinski definition) is 6. The topological polar surface area (TPSA) is 114 Å². The molecule has 3 aromatic rings. The van der Waals surface area contributed by atoms with Crippen molar-refractivity contribution in [1.82, 2.24) is 25.4 Å². The Morgan fingerprint density at radius 1 is 1.00 bits per heavy atom. The van der Waals surface area contributed by atoms with Crippen molar-refractivity contribution in [2.75, 3.05) is 4.72 Å². The van der Waals surface area contributed by atoms with E-state index in [0.29, 0.717) is 5.69 Å². The molecule has 0 aliphatic carbocycles. The van der Waals surface area contributed by atoms with Crippen molar-refractivity contribution in [3.63, 3.8) is 0 Å². The highest BCUT2D eigenvalue weighted by Crippen LogP contribution is 2.11. The highest BCUT2D eigenvalue weighted by atomic mass is 32.2. The third kappa shape index (κ3) is 4.66. The molecular weight excluding hydrogens is 292 g/mol. The van der Waals surface area contributed by atoms with E-state index in [4.69, 9.17) is 0 Å². The Morgan fingerprint density at radius 2 is 1.71 bits per heavy atom. The fourth-order valence-electron chi connectivity index (χ4n) is 1.29. The fourth-order valence-corrected chi connectivity index (χ4v) is 2.20. The van der Waals surface area contributed by atoms with Gasteiger partial charge in [0.25, 0.3) is 10.0 Å². The van der Waals surface area contributed by atoms with Crippen LogP contribution in [0.5, 0.6) is 0 Å². The average Bonchev–Trinajstić information content (AvgIpc) is 3.05. The predicted molar refractivity (Wildman–Crippen MR) is 75.7 cm³/mol. The minimum Gasteiger partial charge on any atom is -0.278 e. The summed E-state index contributed by atoms with van der Waals surface area (Å²) in [6, 6.07) is 10.4. The Hall–Kier alpha value is -2.81. The molecule has 0 bridgehead atoms. The van der Waals surface area contributed by atoms with Gasteiger partial charge in [0.1, 0.15) is 6.33 Å². The van der Waals surface area contributed by atoms with Crippen molar-refractivity contribution >= 4 is 15.7 Å². The molecule has 3 rings (SSSR count). The summed E-state index contributed by atoms with van der Waals surface area (Å²) in [7, 11) is -3.62. The van der Waals surface area contributed by atoms with Gasteiger partial charge < -0.3 is 0 Å². The molecule has 8 nitrogen and oxygen atoms in total. The van der Waals surface area contributed by atoms with Gasteiger partial charge in [0.15, 0.2) is 0 Å². The number of hydrogen-bond donors (Lipinski definition) is 2. The number of benzene rings is 1. The molecule has 0 saturated carbocycles. The van der Waals surface area contributed by atoms with Crippen LogP contribution in [0.4, 0.5) is 5.69 Å². The van der Waals surface area contributed by atoms with E-state index >= 15 is 0 Å². The zero-order chi connectivity index (χ0) is 15.0. The SMILES string of the molecule is O=S(=O)(Nc1ccccc1)c1c[nH]nn1.c1cncnc1. The van der Waals surface area contributed by atoms with Gasteiger partial charge in [-0.05, 0) is 18.2 Å². The molecule has 0 amide bonds. The second-order valence-corrected chi connectivity index (χ2v) is 5.32. The molecule has 0 unspecified atom stereocenters. The van der Waals surface area contributed by atoms with Gasteiger partial charge in [-0.2, -0.15) is 8.42 Å². The van der Waals surface area contributed by atoms with Crippen molar-refractivity contribution in [2.24, 2.45) is 0 Å². The van der Waals surface area contributed by atoms with Crippen LogP contribution < -0.4 is 4.72 Å². The fraction of sp³-hybridized carbons (Fsp3) is 0. The zero-order valence-corrected chi connectivity index (χ0v) is 11.6. The maximum atomic E-state index is 11.6. The zero-order valence-electron chi connectivity index (χ0n) is 10.8. The minimum atomic E-state index is -3.62. The number of nitrogens with zero attached hydrogens (tertiary/aromatic N) is 4.